The number of guanidine groups is 1. The molecule has 6 heteroatoms. The molecule has 6 nitrogen and oxygen atoms in total. The van der Waals surface area contributed by atoms with Gasteiger partial charge in [0.05, 0.1) is 6.54 Å². The molecule has 0 bridgehead atoms. The van der Waals surface area contributed by atoms with Gasteiger partial charge < -0.3 is 21.1 Å². The number of benzene rings is 2. The first-order valence-corrected chi connectivity index (χ1v) is 9.57. The maximum absolute atomic E-state index is 11.1. The summed E-state index contributed by atoms with van der Waals surface area (Å²) < 4.78 is 0. The molecule has 0 saturated carbocycles. The second-order valence-corrected chi connectivity index (χ2v) is 6.89. The van der Waals surface area contributed by atoms with E-state index in [0.717, 1.165) is 29.8 Å². The van der Waals surface area contributed by atoms with Crippen LogP contribution in [-0.2, 0) is 16.8 Å². The van der Waals surface area contributed by atoms with E-state index < -0.39 is 5.60 Å². The average Bonchev–Trinajstić information content (AvgIpc) is 2.68. The summed E-state index contributed by atoms with van der Waals surface area (Å²) in [5.74, 6) is 0.598. The summed E-state index contributed by atoms with van der Waals surface area (Å²) in [5.41, 5.74) is 1.77. The lowest BCUT2D eigenvalue weighted by Crippen LogP contribution is -2.39. The molecular formula is C22H30N4O2. The third-order valence-electron chi connectivity index (χ3n) is 4.27. The number of carbonyl (C=O) groups is 1. The highest BCUT2D eigenvalue weighted by atomic mass is 16.3. The predicted molar refractivity (Wildman–Crippen MR) is 114 cm³/mol. The molecule has 2 aromatic carbocycles. The predicted octanol–water partition coefficient (Wildman–Crippen LogP) is 2.65. The molecule has 28 heavy (non-hydrogen) atoms. The van der Waals surface area contributed by atoms with E-state index in [9.17, 15) is 9.90 Å². The molecule has 0 aliphatic carbocycles. The van der Waals surface area contributed by atoms with Crippen molar-refractivity contribution in [2.24, 2.45) is 4.99 Å². The van der Waals surface area contributed by atoms with E-state index in [1.165, 1.54) is 6.92 Å². The molecule has 0 saturated heterocycles. The highest BCUT2D eigenvalue weighted by molar-refractivity contribution is 5.88. The Morgan fingerprint density at radius 3 is 2.36 bits per heavy atom. The van der Waals surface area contributed by atoms with Gasteiger partial charge in [-0.25, -0.2) is 4.99 Å². The molecule has 150 valence electrons. The maximum Gasteiger partial charge on any atom is 0.221 e. The number of nitrogens with zero attached hydrogens (tertiary/aromatic N) is 1. The van der Waals surface area contributed by atoms with Crippen LogP contribution in [0.1, 0.15) is 31.9 Å². The lowest BCUT2D eigenvalue weighted by molar-refractivity contribution is -0.114. The van der Waals surface area contributed by atoms with E-state index in [1.807, 2.05) is 61.5 Å². The molecule has 0 aliphatic heterocycles. The summed E-state index contributed by atoms with van der Waals surface area (Å²) in [6.45, 7) is 6.98. The SMILES string of the molecule is CCNC(=NCC(C)(O)c1ccccc1)NCCc1ccc(NC(C)=O)cc1. The maximum atomic E-state index is 11.1. The van der Waals surface area contributed by atoms with E-state index in [-0.39, 0.29) is 12.5 Å². The van der Waals surface area contributed by atoms with Crippen molar-refractivity contribution in [2.45, 2.75) is 32.8 Å². The van der Waals surface area contributed by atoms with Crippen molar-refractivity contribution in [2.75, 3.05) is 25.0 Å². The summed E-state index contributed by atoms with van der Waals surface area (Å²) in [5, 5.41) is 20.0. The molecule has 0 aliphatic rings. The van der Waals surface area contributed by atoms with Crippen LogP contribution < -0.4 is 16.0 Å². The topological polar surface area (TPSA) is 85.8 Å². The van der Waals surface area contributed by atoms with Gasteiger partial charge >= 0.3 is 0 Å². The summed E-state index contributed by atoms with van der Waals surface area (Å²) >= 11 is 0. The Bertz CT molecular complexity index is 771. The molecule has 0 spiro atoms. The number of hydrogen-bond acceptors (Lipinski definition) is 3. The molecule has 0 radical (unpaired) electrons. The van der Waals surface area contributed by atoms with Crippen LogP contribution >= 0.6 is 0 Å². The first kappa shape index (κ1) is 21.4. The Balaban J connectivity index is 1.90. The summed E-state index contributed by atoms with van der Waals surface area (Å²) in [4.78, 5) is 15.6. The third-order valence-corrected chi connectivity index (χ3v) is 4.27. The number of aliphatic hydroxyl groups is 1. The first-order chi connectivity index (χ1) is 13.4. The van der Waals surface area contributed by atoms with Gasteiger partial charge in [0.25, 0.3) is 0 Å². The van der Waals surface area contributed by atoms with Gasteiger partial charge in [-0.1, -0.05) is 42.5 Å². The van der Waals surface area contributed by atoms with Crippen molar-refractivity contribution in [1.82, 2.24) is 10.6 Å². The quantitative estimate of drug-likeness (QED) is 0.418. The number of nitrogens with one attached hydrogen (secondary N) is 3. The zero-order valence-electron chi connectivity index (χ0n) is 16.8. The molecule has 0 heterocycles. The van der Waals surface area contributed by atoms with E-state index in [2.05, 4.69) is 20.9 Å². The molecule has 1 amide bonds. The van der Waals surface area contributed by atoms with E-state index in [4.69, 9.17) is 0 Å². The van der Waals surface area contributed by atoms with Gasteiger partial charge in [-0.3, -0.25) is 4.79 Å². The smallest absolute Gasteiger partial charge is 0.221 e. The van der Waals surface area contributed by atoms with E-state index in [0.29, 0.717) is 12.5 Å². The normalized spacial score (nSPS) is 13.5. The molecule has 0 fully saturated rings. The van der Waals surface area contributed by atoms with E-state index in [1.54, 1.807) is 6.92 Å². The molecule has 2 rings (SSSR count). The highest BCUT2D eigenvalue weighted by Gasteiger charge is 2.22. The van der Waals surface area contributed by atoms with Gasteiger partial charge in [0, 0.05) is 25.7 Å². The molecule has 1 unspecified atom stereocenters. The van der Waals surface area contributed by atoms with Crippen LogP contribution in [0.4, 0.5) is 5.69 Å². The number of aliphatic imine (C=N–C) groups is 1. The Morgan fingerprint density at radius 2 is 1.75 bits per heavy atom. The lowest BCUT2D eigenvalue weighted by atomic mass is 9.96. The van der Waals surface area contributed by atoms with Crippen LogP contribution in [0.15, 0.2) is 59.6 Å². The number of rotatable bonds is 8. The van der Waals surface area contributed by atoms with Crippen LogP contribution in [0.2, 0.25) is 0 Å². The van der Waals surface area contributed by atoms with Gasteiger partial charge in [0.1, 0.15) is 5.60 Å². The van der Waals surface area contributed by atoms with Crippen LogP contribution in [0.3, 0.4) is 0 Å². The van der Waals surface area contributed by atoms with Gasteiger partial charge in [-0.15, -0.1) is 0 Å². The van der Waals surface area contributed by atoms with Crippen molar-refractivity contribution in [3.63, 3.8) is 0 Å². The zero-order chi connectivity index (χ0) is 20.4. The van der Waals surface area contributed by atoms with Crippen LogP contribution in [0.5, 0.6) is 0 Å². The van der Waals surface area contributed by atoms with Crippen LogP contribution in [0.25, 0.3) is 0 Å². The van der Waals surface area contributed by atoms with Crippen molar-refractivity contribution in [3.05, 3.63) is 65.7 Å². The first-order valence-electron chi connectivity index (χ1n) is 9.57. The monoisotopic (exact) mass is 382 g/mol. The molecule has 4 N–H and O–H groups in total. The molecule has 1 atom stereocenters. The number of amides is 1. The molecule has 2 aromatic rings. The van der Waals surface area contributed by atoms with Gasteiger partial charge in [-0.2, -0.15) is 0 Å². The zero-order valence-corrected chi connectivity index (χ0v) is 16.8. The van der Waals surface area contributed by atoms with Gasteiger partial charge in [-0.05, 0) is 43.5 Å². The van der Waals surface area contributed by atoms with Crippen molar-refractivity contribution >= 4 is 17.6 Å². The van der Waals surface area contributed by atoms with Gasteiger partial charge in [0.2, 0.25) is 5.91 Å². The van der Waals surface area contributed by atoms with E-state index >= 15 is 0 Å². The largest absolute Gasteiger partial charge is 0.384 e. The Hall–Kier alpha value is -2.86. The minimum absolute atomic E-state index is 0.0766. The van der Waals surface area contributed by atoms with Crippen LogP contribution in [0, 0.1) is 0 Å². The van der Waals surface area contributed by atoms with Crippen LogP contribution in [-0.4, -0.2) is 36.6 Å². The average molecular weight is 383 g/mol. The number of carbonyl (C=O) groups excluding carboxylic acids is 1. The number of anilines is 1. The molecule has 0 aromatic heterocycles. The summed E-state index contributed by atoms with van der Waals surface area (Å²) in [6.07, 6.45) is 0.819. The third kappa shape index (κ3) is 7.04. The Kier molecular flexibility index (Phi) is 8.02. The number of hydrogen-bond donors (Lipinski definition) is 4. The second kappa shape index (κ2) is 10.5. The second-order valence-electron chi connectivity index (χ2n) is 6.89. The Morgan fingerprint density at radius 1 is 1.07 bits per heavy atom. The highest BCUT2D eigenvalue weighted by Crippen LogP contribution is 2.20. The fraction of sp³-hybridized carbons (Fsp3) is 0.364. The lowest BCUT2D eigenvalue weighted by Gasteiger charge is -2.22. The minimum Gasteiger partial charge on any atom is -0.384 e. The van der Waals surface area contributed by atoms with Gasteiger partial charge in [0.15, 0.2) is 5.96 Å². The van der Waals surface area contributed by atoms with Crippen molar-refractivity contribution in [3.8, 4) is 0 Å². The summed E-state index contributed by atoms with van der Waals surface area (Å²) in [7, 11) is 0. The fourth-order valence-corrected chi connectivity index (χ4v) is 2.75. The minimum atomic E-state index is -1.02. The summed E-state index contributed by atoms with van der Waals surface area (Å²) in [6, 6.07) is 17.3. The molecular weight excluding hydrogens is 352 g/mol. The Labute approximate surface area is 167 Å². The fourth-order valence-electron chi connectivity index (χ4n) is 2.75. The standard InChI is InChI=1S/C22H30N4O2/c1-4-23-21(25-16-22(3,28)19-8-6-5-7-9-19)24-15-14-18-10-12-20(13-11-18)26-17(2)27/h5-13,28H,4,14-16H2,1-3H3,(H,26,27)(H2,23,24,25). The van der Waals surface area contributed by atoms with Crippen molar-refractivity contribution in [1.29, 1.82) is 0 Å². The van der Waals surface area contributed by atoms with Crippen molar-refractivity contribution < 1.29 is 9.90 Å².